The molecule has 3 rings (SSSR count). The van der Waals surface area contributed by atoms with Crippen LogP contribution in [0.3, 0.4) is 0 Å². The van der Waals surface area contributed by atoms with E-state index in [1.807, 2.05) is 0 Å². The number of hydrogen-bond donors (Lipinski definition) is 1. The van der Waals surface area contributed by atoms with E-state index in [-0.39, 0.29) is 18.4 Å². The van der Waals surface area contributed by atoms with Gasteiger partial charge < -0.3 is 10.1 Å². The van der Waals surface area contributed by atoms with Crippen molar-refractivity contribution in [1.82, 2.24) is 8.61 Å². The van der Waals surface area contributed by atoms with Crippen LogP contribution in [0.2, 0.25) is 5.02 Å². The Labute approximate surface area is 153 Å². The molecule has 1 aromatic carbocycles. The van der Waals surface area contributed by atoms with Crippen LogP contribution in [0.15, 0.2) is 24.3 Å². The highest BCUT2D eigenvalue weighted by Gasteiger charge is 2.36. The van der Waals surface area contributed by atoms with Gasteiger partial charge in [0.1, 0.15) is 0 Å². The number of nitrogens with zero attached hydrogens (tertiary/aromatic N) is 2. The summed E-state index contributed by atoms with van der Waals surface area (Å²) in [4.78, 5) is 12.5. The van der Waals surface area contributed by atoms with Gasteiger partial charge in [-0.1, -0.05) is 11.6 Å². The second-order valence-corrected chi connectivity index (χ2v) is 8.58. The summed E-state index contributed by atoms with van der Waals surface area (Å²) in [5, 5.41) is 3.43. The molecule has 0 aliphatic carbocycles. The Hall–Kier alpha value is -1.19. The van der Waals surface area contributed by atoms with E-state index in [0.29, 0.717) is 56.4 Å². The highest BCUT2D eigenvalue weighted by atomic mass is 35.5. The van der Waals surface area contributed by atoms with E-state index in [4.69, 9.17) is 16.3 Å². The molecule has 0 aromatic heterocycles. The summed E-state index contributed by atoms with van der Waals surface area (Å²) in [6, 6.07) is 6.86. The first-order valence-corrected chi connectivity index (χ1v) is 10.1. The van der Waals surface area contributed by atoms with Gasteiger partial charge in [0.15, 0.2) is 0 Å². The van der Waals surface area contributed by atoms with E-state index in [9.17, 15) is 13.2 Å². The molecular formula is C16H22ClN3O4S. The lowest BCUT2D eigenvalue weighted by Gasteiger charge is -2.36. The fraction of sp³-hybridized carbons (Fsp3) is 0.562. The number of benzene rings is 1. The van der Waals surface area contributed by atoms with Crippen LogP contribution in [-0.2, 0) is 19.7 Å². The maximum absolute atomic E-state index is 12.8. The number of rotatable bonds is 4. The summed E-state index contributed by atoms with van der Waals surface area (Å²) in [5.74, 6) is -0.524. The molecule has 1 N–H and O–H groups in total. The Bertz CT molecular complexity index is 705. The fourth-order valence-electron chi connectivity index (χ4n) is 3.08. The smallest absolute Gasteiger partial charge is 0.282 e. The molecule has 0 bridgehead atoms. The van der Waals surface area contributed by atoms with Crippen LogP contribution in [-0.4, -0.2) is 62.3 Å². The third kappa shape index (κ3) is 4.51. The Morgan fingerprint density at radius 2 is 1.80 bits per heavy atom. The van der Waals surface area contributed by atoms with Gasteiger partial charge in [0, 0.05) is 36.9 Å². The topological polar surface area (TPSA) is 79.0 Å². The SMILES string of the molecule is O=C(Nc1ccc(Cl)cc1)[C@@H]1CCCN(S(=O)(=O)N2CCOCC2)C1. The molecule has 9 heteroatoms. The molecule has 2 saturated heterocycles. The maximum Gasteiger partial charge on any atom is 0.282 e. The maximum atomic E-state index is 12.8. The van der Waals surface area contributed by atoms with Crippen LogP contribution in [0.1, 0.15) is 12.8 Å². The predicted octanol–water partition coefficient (Wildman–Crippen LogP) is 1.57. The van der Waals surface area contributed by atoms with Gasteiger partial charge in [-0.2, -0.15) is 17.0 Å². The van der Waals surface area contributed by atoms with E-state index in [0.717, 1.165) is 0 Å². The minimum Gasteiger partial charge on any atom is -0.379 e. The zero-order valence-electron chi connectivity index (χ0n) is 13.9. The normalized spacial score (nSPS) is 23.3. The van der Waals surface area contributed by atoms with Gasteiger partial charge >= 0.3 is 0 Å². The average Bonchev–Trinajstić information content (AvgIpc) is 2.64. The van der Waals surface area contributed by atoms with Crippen LogP contribution >= 0.6 is 11.6 Å². The van der Waals surface area contributed by atoms with Crippen LogP contribution in [0.25, 0.3) is 0 Å². The van der Waals surface area contributed by atoms with Gasteiger partial charge in [-0.05, 0) is 37.1 Å². The van der Waals surface area contributed by atoms with Gasteiger partial charge in [0.25, 0.3) is 10.2 Å². The third-order valence-electron chi connectivity index (χ3n) is 4.49. The molecule has 0 unspecified atom stereocenters. The van der Waals surface area contributed by atoms with Crippen LogP contribution in [0, 0.1) is 5.92 Å². The minimum atomic E-state index is -3.54. The van der Waals surface area contributed by atoms with Crippen molar-refractivity contribution in [1.29, 1.82) is 0 Å². The first-order valence-electron chi connectivity index (χ1n) is 8.36. The molecule has 0 spiro atoms. The van der Waals surface area contributed by atoms with Crippen molar-refractivity contribution in [3.05, 3.63) is 29.3 Å². The fourth-order valence-corrected chi connectivity index (χ4v) is 4.88. The Balaban J connectivity index is 1.63. The summed E-state index contributed by atoms with van der Waals surface area (Å²) in [6.45, 7) is 2.20. The van der Waals surface area contributed by atoms with Gasteiger partial charge in [0.05, 0.1) is 19.1 Å². The van der Waals surface area contributed by atoms with Crippen molar-refractivity contribution in [3.63, 3.8) is 0 Å². The second-order valence-electron chi connectivity index (χ2n) is 6.21. The number of hydrogen-bond acceptors (Lipinski definition) is 4. The number of ether oxygens (including phenoxy) is 1. The van der Waals surface area contributed by atoms with E-state index in [1.165, 1.54) is 8.61 Å². The van der Waals surface area contributed by atoms with E-state index >= 15 is 0 Å². The highest BCUT2D eigenvalue weighted by Crippen LogP contribution is 2.23. The number of piperidine rings is 1. The number of carbonyl (C=O) groups excluding carboxylic acids is 1. The monoisotopic (exact) mass is 387 g/mol. The van der Waals surface area contributed by atoms with Crippen molar-refractivity contribution in [3.8, 4) is 0 Å². The van der Waals surface area contributed by atoms with Crippen molar-refractivity contribution >= 4 is 33.4 Å². The van der Waals surface area contributed by atoms with Crippen LogP contribution in [0.4, 0.5) is 5.69 Å². The summed E-state index contributed by atoms with van der Waals surface area (Å²) in [7, 11) is -3.54. The zero-order valence-corrected chi connectivity index (χ0v) is 15.4. The van der Waals surface area contributed by atoms with Crippen LogP contribution in [0.5, 0.6) is 0 Å². The van der Waals surface area contributed by atoms with Crippen molar-refractivity contribution in [2.45, 2.75) is 12.8 Å². The summed E-state index contributed by atoms with van der Waals surface area (Å²) >= 11 is 5.84. The molecule has 1 aromatic rings. The standard InChI is InChI=1S/C16H22ClN3O4S/c17-14-3-5-15(6-4-14)18-16(21)13-2-1-7-20(12-13)25(22,23)19-8-10-24-11-9-19/h3-6,13H,1-2,7-12H2,(H,18,21)/t13-/m1/s1. The minimum absolute atomic E-state index is 0.163. The highest BCUT2D eigenvalue weighted by molar-refractivity contribution is 7.86. The first kappa shape index (κ1) is 18.6. The van der Waals surface area contributed by atoms with Gasteiger partial charge in [-0.25, -0.2) is 0 Å². The first-order chi connectivity index (χ1) is 12.0. The average molecular weight is 388 g/mol. The van der Waals surface area contributed by atoms with Crippen LogP contribution < -0.4 is 5.32 Å². The quantitative estimate of drug-likeness (QED) is 0.850. The molecule has 0 radical (unpaired) electrons. The molecule has 2 aliphatic heterocycles. The molecule has 0 saturated carbocycles. The molecule has 1 amide bonds. The molecule has 2 fully saturated rings. The number of morpholine rings is 1. The van der Waals surface area contributed by atoms with E-state index < -0.39 is 10.2 Å². The lowest BCUT2D eigenvalue weighted by molar-refractivity contribution is -0.120. The van der Waals surface area contributed by atoms with E-state index in [2.05, 4.69) is 5.32 Å². The number of halogens is 1. The number of carbonyl (C=O) groups is 1. The van der Waals surface area contributed by atoms with Gasteiger partial charge in [-0.3, -0.25) is 4.79 Å². The Morgan fingerprint density at radius 1 is 1.12 bits per heavy atom. The summed E-state index contributed by atoms with van der Waals surface area (Å²) in [6.07, 6.45) is 1.34. The number of anilines is 1. The lowest BCUT2D eigenvalue weighted by atomic mass is 9.99. The number of amides is 1. The number of nitrogens with one attached hydrogen (secondary N) is 1. The summed E-state index contributed by atoms with van der Waals surface area (Å²) < 4.78 is 33.6. The second kappa shape index (κ2) is 8.01. The molecule has 2 heterocycles. The predicted molar refractivity (Wildman–Crippen MR) is 95.7 cm³/mol. The molecule has 7 nitrogen and oxygen atoms in total. The van der Waals surface area contributed by atoms with Gasteiger partial charge in [0.2, 0.25) is 5.91 Å². The van der Waals surface area contributed by atoms with Crippen molar-refractivity contribution in [2.24, 2.45) is 5.92 Å². The summed E-state index contributed by atoms with van der Waals surface area (Å²) in [5.41, 5.74) is 0.655. The van der Waals surface area contributed by atoms with Crippen molar-refractivity contribution < 1.29 is 17.9 Å². The Kier molecular flexibility index (Phi) is 5.96. The Morgan fingerprint density at radius 3 is 2.48 bits per heavy atom. The molecule has 1 atom stereocenters. The molecule has 2 aliphatic rings. The van der Waals surface area contributed by atoms with Crippen molar-refractivity contribution in [2.75, 3.05) is 44.7 Å². The lowest BCUT2D eigenvalue weighted by Crippen LogP contribution is -2.52. The molecular weight excluding hydrogens is 366 g/mol. The molecule has 25 heavy (non-hydrogen) atoms. The van der Waals surface area contributed by atoms with E-state index in [1.54, 1.807) is 24.3 Å². The van der Waals surface area contributed by atoms with Gasteiger partial charge in [-0.15, -0.1) is 0 Å². The molecule has 138 valence electrons. The third-order valence-corrected chi connectivity index (χ3v) is 6.74. The largest absolute Gasteiger partial charge is 0.379 e. The zero-order chi connectivity index (χ0) is 17.9.